The minimum absolute atomic E-state index is 0.150. The maximum atomic E-state index is 15.3. The third-order valence-corrected chi connectivity index (χ3v) is 5.66. The Morgan fingerprint density at radius 3 is 2.76 bits per heavy atom. The number of pyridine rings is 1. The lowest BCUT2D eigenvalue weighted by Crippen LogP contribution is -2.45. The number of hydrogen-bond acceptors (Lipinski definition) is 5. The molecule has 170 valence electrons. The van der Waals surface area contributed by atoms with Crippen molar-refractivity contribution in [2.45, 2.75) is 19.4 Å². The van der Waals surface area contributed by atoms with Crippen LogP contribution in [0.3, 0.4) is 0 Å². The smallest absolute Gasteiger partial charge is 0.407 e. The number of ether oxygens (including phenoxy) is 1. The molecule has 0 spiro atoms. The van der Waals surface area contributed by atoms with Gasteiger partial charge in [0, 0.05) is 31.3 Å². The highest BCUT2D eigenvalue weighted by atomic mass is 19.1. The highest BCUT2D eigenvalue weighted by molar-refractivity contribution is 5.69. The van der Waals surface area contributed by atoms with Crippen LogP contribution in [0.4, 0.5) is 13.6 Å². The van der Waals surface area contributed by atoms with Gasteiger partial charge in [0.15, 0.2) is 0 Å². The summed E-state index contributed by atoms with van der Waals surface area (Å²) >= 11 is 0. The zero-order valence-corrected chi connectivity index (χ0v) is 17.7. The molecule has 0 saturated carbocycles. The van der Waals surface area contributed by atoms with E-state index < -0.39 is 23.8 Å². The molecule has 0 radical (unpaired) electrons. The Labute approximate surface area is 186 Å². The molecule has 1 amide bonds. The average Bonchev–Trinajstić information content (AvgIpc) is 3.42. The summed E-state index contributed by atoms with van der Waals surface area (Å²) in [6.45, 7) is 2.58. The lowest BCUT2D eigenvalue weighted by atomic mass is 10.0. The van der Waals surface area contributed by atoms with E-state index in [0.29, 0.717) is 11.3 Å². The molecule has 1 fully saturated rings. The van der Waals surface area contributed by atoms with Crippen LogP contribution in [-0.4, -0.2) is 66.0 Å². The molecule has 33 heavy (non-hydrogen) atoms. The molecule has 1 atom stereocenters. The van der Waals surface area contributed by atoms with E-state index in [1.165, 1.54) is 34.4 Å². The number of benzene rings is 1. The summed E-state index contributed by atoms with van der Waals surface area (Å²) < 4.78 is 39.3. The van der Waals surface area contributed by atoms with Crippen molar-refractivity contribution in [3.05, 3.63) is 66.0 Å². The minimum Gasteiger partial charge on any atom is -0.465 e. The van der Waals surface area contributed by atoms with Crippen LogP contribution in [0, 0.1) is 18.6 Å². The van der Waals surface area contributed by atoms with Crippen LogP contribution in [0.5, 0.6) is 0 Å². The topological polar surface area (TPSA) is 97.8 Å². The van der Waals surface area contributed by atoms with Crippen molar-refractivity contribution in [1.82, 2.24) is 29.0 Å². The standard InChI is InChI=1S/C22H20F2N6O3/c1-13-2-3-29-18(9-15-10-28(22(31)32)4-5-33-15)21(27-19(29)6-13)20-16(23)7-14(8-17(20)24)30-12-25-11-26-30/h2-3,6-8,11-12,15H,4-5,9-10H2,1H3,(H,31,32)/t15-/m0/s1. The number of aryl methyl sites for hydroxylation is 1. The number of morpholine rings is 1. The van der Waals surface area contributed by atoms with E-state index in [4.69, 9.17) is 4.74 Å². The molecule has 0 aliphatic carbocycles. The molecule has 1 aromatic carbocycles. The third kappa shape index (κ3) is 3.91. The molecule has 0 unspecified atom stereocenters. The Hall–Kier alpha value is -3.86. The molecule has 4 aromatic rings. The molecule has 3 aromatic heterocycles. The number of aromatic nitrogens is 5. The van der Waals surface area contributed by atoms with E-state index in [0.717, 1.165) is 5.56 Å². The van der Waals surface area contributed by atoms with Gasteiger partial charge in [0.2, 0.25) is 0 Å². The molecule has 1 saturated heterocycles. The Balaban J connectivity index is 1.61. The summed E-state index contributed by atoms with van der Waals surface area (Å²) in [4.78, 5) is 21.0. The SMILES string of the molecule is Cc1ccn2c(C[C@H]3CN(C(=O)O)CCO3)c(-c3c(F)cc(-n4cncn4)cc3F)nc2c1. The Kier molecular flexibility index (Phi) is 5.25. The van der Waals surface area contributed by atoms with Crippen molar-refractivity contribution < 1.29 is 23.4 Å². The summed E-state index contributed by atoms with van der Waals surface area (Å²) in [7, 11) is 0. The van der Waals surface area contributed by atoms with E-state index in [1.807, 2.05) is 19.1 Å². The van der Waals surface area contributed by atoms with E-state index in [-0.39, 0.29) is 43.1 Å². The van der Waals surface area contributed by atoms with Crippen LogP contribution >= 0.6 is 0 Å². The largest absolute Gasteiger partial charge is 0.465 e. The number of amides is 1. The van der Waals surface area contributed by atoms with Gasteiger partial charge in [0.1, 0.15) is 29.9 Å². The lowest BCUT2D eigenvalue weighted by Gasteiger charge is -2.31. The molecular formula is C22H20F2N6O3. The molecule has 1 N–H and O–H groups in total. The normalized spacial score (nSPS) is 16.5. The zero-order valence-electron chi connectivity index (χ0n) is 17.7. The van der Waals surface area contributed by atoms with E-state index in [1.54, 1.807) is 10.6 Å². The van der Waals surface area contributed by atoms with Crippen molar-refractivity contribution in [3.8, 4) is 16.9 Å². The first-order chi connectivity index (χ1) is 15.9. The number of imidazole rings is 1. The van der Waals surface area contributed by atoms with E-state index >= 15 is 8.78 Å². The van der Waals surface area contributed by atoms with Crippen LogP contribution in [0.15, 0.2) is 43.1 Å². The average molecular weight is 454 g/mol. The number of fused-ring (bicyclic) bond motifs is 1. The molecule has 11 heteroatoms. The van der Waals surface area contributed by atoms with Gasteiger partial charge in [-0.1, -0.05) is 0 Å². The predicted octanol–water partition coefficient (Wildman–Crippen LogP) is 3.09. The van der Waals surface area contributed by atoms with Crippen molar-refractivity contribution in [2.75, 3.05) is 19.7 Å². The summed E-state index contributed by atoms with van der Waals surface area (Å²) in [5.74, 6) is -1.59. The first-order valence-corrected chi connectivity index (χ1v) is 10.3. The first kappa shape index (κ1) is 21.0. The third-order valence-electron chi connectivity index (χ3n) is 5.66. The van der Waals surface area contributed by atoms with Gasteiger partial charge in [-0.05, 0) is 24.6 Å². The quantitative estimate of drug-likeness (QED) is 0.509. The Morgan fingerprint density at radius 1 is 1.27 bits per heavy atom. The van der Waals surface area contributed by atoms with Crippen LogP contribution < -0.4 is 0 Å². The van der Waals surface area contributed by atoms with Crippen LogP contribution in [0.1, 0.15) is 11.3 Å². The molecular weight excluding hydrogens is 434 g/mol. The fourth-order valence-electron chi connectivity index (χ4n) is 4.08. The van der Waals surface area contributed by atoms with Gasteiger partial charge in [-0.25, -0.2) is 28.2 Å². The minimum atomic E-state index is -1.03. The van der Waals surface area contributed by atoms with Crippen LogP contribution in [0.25, 0.3) is 22.6 Å². The molecule has 1 aliphatic heterocycles. The molecule has 0 bridgehead atoms. The number of halogens is 2. The van der Waals surface area contributed by atoms with Crippen molar-refractivity contribution >= 4 is 11.7 Å². The van der Waals surface area contributed by atoms with Gasteiger partial charge < -0.3 is 19.1 Å². The van der Waals surface area contributed by atoms with Gasteiger partial charge in [-0.3, -0.25) is 0 Å². The van der Waals surface area contributed by atoms with Gasteiger partial charge >= 0.3 is 6.09 Å². The summed E-state index contributed by atoms with van der Waals surface area (Å²) in [5.41, 5.74) is 2.09. The van der Waals surface area contributed by atoms with Gasteiger partial charge in [-0.15, -0.1) is 0 Å². The van der Waals surface area contributed by atoms with E-state index in [2.05, 4.69) is 15.1 Å². The second-order valence-electron chi connectivity index (χ2n) is 7.89. The number of carbonyl (C=O) groups is 1. The molecule has 9 nitrogen and oxygen atoms in total. The van der Waals surface area contributed by atoms with Crippen molar-refractivity contribution in [1.29, 1.82) is 0 Å². The second kappa shape index (κ2) is 8.24. The fraction of sp³-hybridized carbons (Fsp3) is 0.273. The van der Waals surface area contributed by atoms with Gasteiger partial charge in [0.25, 0.3) is 0 Å². The lowest BCUT2D eigenvalue weighted by molar-refractivity contribution is -0.0214. The number of carboxylic acid groups (broad SMARTS) is 1. The molecule has 4 heterocycles. The second-order valence-corrected chi connectivity index (χ2v) is 7.89. The van der Waals surface area contributed by atoms with Gasteiger partial charge in [0.05, 0.1) is 41.9 Å². The Morgan fingerprint density at radius 2 is 2.06 bits per heavy atom. The maximum absolute atomic E-state index is 15.3. The van der Waals surface area contributed by atoms with Crippen molar-refractivity contribution in [3.63, 3.8) is 0 Å². The number of nitrogens with zero attached hydrogens (tertiary/aromatic N) is 6. The Bertz CT molecular complexity index is 1310. The monoisotopic (exact) mass is 454 g/mol. The highest BCUT2D eigenvalue weighted by Gasteiger charge is 2.28. The van der Waals surface area contributed by atoms with Crippen molar-refractivity contribution in [2.24, 2.45) is 0 Å². The summed E-state index contributed by atoms with van der Waals surface area (Å²) in [5, 5.41) is 13.3. The summed E-state index contributed by atoms with van der Waals surface area (Å²) in [6, 6.07) is 6.04. The maximum Gasteiger partial charge on any atom is 0.407 e. The number of rotatable bonds is 4. The molecule has 1 aliphatic rings. The van der Waals surface area contributed by atoms with E-state index in [9.17, 15) is 9.90 Å². The van der Waals surface area contributed by atoms with Gasteiger partial charge in [-0.2, -0.15) is 5.10 Å². The molecule has 5 rings (SSSR count). The predicted molar refractivity (Wildman–Crippen MR) is 113 cm³/mol. The fourth-order valence-corrected chi connectivity index (χ4v) is 4.08. The highest BCUT2D eigenvalue weighted by Crippen LogP contribution is 2.32. The van der Waals surface area contributed by atoms with Crippen LogP contribution in [0.2, 0.25) is 0 Å². The summed E-state index contributed by atoms with van der Waals surface area (Å²) in [6.07, 6.45) is 3.13. The first-order valence-electron chi connectivity index (χ1n) is 10.3. The number of hydrogen-bond donors (Lipinski definition) is 1. The van der Waals surface area contributed by atoms with Crippen LogP contribution in [-0.2, 0) is 11.2 Å². The zero-order chi connectivity index (χ0) is 23.1.